The Balaban J connectivity index is 0.00000256. The van der Waals surface area contributed by atoms with Crippen molar-refractivity contribution in [3.63, 3.8) is 0 Å². The molecule has 0 amide bonds. The first-order valence-electron chi connectivity index (χ1n) is 11.5. The van der Waals surface area contributed by atoms with Crippen LogP contribution in [-0.2, 0) is 9.59 Å². The van der Waals surface area contributed by atoms with E-state index in [4.69, 9.17) is 0 Å². The molecule has 0 aromatic heterocycles. The van der Waals surface area contributed by atoms with Gasteiger partial charge < -0.3 is 15.0 Å². The van der Waals surface area contributed by atoms with Crippen molar-refractivity contribution in [2.75, 3.05) is 0 Å². The monoisotopic (exact) mass is 438 g/mol. The second-order valence-electron chi connectivity index (χ2n) is 10.6. The molecular weight excluding hydrogens is 403 g/mol. The fourth-order valence-electron chi connectivity index (χ4n) is 7.85. The van der Waals surface area contributed by atoms with E-state index in [0.29, 0.717) is 36.5 Å². The Morgan fingerprint density at radius 1 is 1.23 bits per heavy atom. The van der Waals surface area contributed by atoms with Gasteiger partial charge >= 0.3 is 51.4 Å². The number of hydrogen-bond acceptors (Lipinski definition) is 4. The van der Waals surface area contributed by atoms with Gasteiger partial charge in [-0.1, -0.05) is 45.3 Å². The summed E-state index contributed by atoms with van der Waals surface area (Å²) in [5, 5.41) is 22.7. The largest absolute Gasteiger partial charge is 1.00 e. The molecule has 7 atom stereocenters. The number of carbonyl (C=O) groups is 2. The minimum absolute atomic E-state index is 0. The molecule has 4 nitrogen and oxygen atoms in total. The van der Waals surface area contributed by atoms with Gasteiger partial charge in [0, 0.05) is 11.4 Å². The zero-order valence-electron chi connectivity index (χ0n) is 19.1. The number of aliphatic hydroxyl groups is 1. The van der Waals surface area contributed by atoms with Crippen LogP contribution in [0.2, 0.25) is 0 Å². The van der Waals surface area contributed by atoms with Crippen molar-refractivity contribution in [1.29, 1.82) is 0 Å². The van der Waals surface area contributed by atoms with Crippen LogP contribution in [-0.4, -0.2) is 22.5 Å². The third-order valence-corrected chi connectivity index (χ3v) is 9.46. The number of carbonyl (C=O) groups excluding carboxylic acids is 2. The summed E-state index contributed by atoms with van der Waals surface area (Å²) in [5.74, 6) is 1.01. The molecule has 4 rings (SSSR count). The Morgan fingerprint density at radius 3 is 2.60 bits per heavy atom. The SMILES string of the molecule is CCC[C@@H]1CC2=CC(=O)C=C[C@]2(C)C2CC[C@@]3(C)C(CC[C@@]3(O)CCC(=O)[O-])C21.[K+]. The van der Waals surface area contributed by atoms with Crippen molar-refractivity contribution in [3.8, 4) is 0 Å². The van der Waals surface area contributed by atoms with Gasteiger partial charge in [0.05, 0.1) is 5.60 Å². The maximum Gasteiger partial charge on any atom is 1.00 e. The van der Waals surface area contributed by atoms with Gasteiger partial charge in [-0.05, 0) is 86.2 Å². The van der Waals surface area contributed by atoms with Crippen molar-refractivity contribution in [3.05, 3.63) is 23.8 Å². The van der Waals surface area contributed by atoms with Crippen LogP contribution in [0.15, 0.2) is 23.8 Å². The quantitative estimate of drug-likeness (QED) is 0.637. The Hall–Kier alpha value is 0.216. The van der Waals surface area contributed by atoms with Gasteiger partial charge in [-0.25, -0.2) is 0 Å². The summed E-state index contributed by atoms with van der Waals surface area (Å²) >= 11 is 0. The van der Waals surface area contributed by atoms with Crippen LogP contribution >= 0.6 is 0 Å². The summed E-state index contributed by atoms with van der Waals surface area (Å²) in [4.78, 5) is 23.2. The molecule has 0 spiro atoms. The maximum atomic E-state index is 12.1. The number of ketones is 1. The van der Waals surface area contributed by atoms with E-state index in [1.807, 2.05) is 6.08 Å². The van der Waals surface area contributed by atoms with E-state index >= 15 is 0 Å². The zero-order chi connectivity index (χ0) is 21.0. The third kappa shape index (κ3) is 3.79. The summed E-state index contributed by atoms with van der Waals surface area (Å²) in [6.07, 6.45) is 12.9. The van der Waals surface area contributed by atoms with E-state index in [2.05, 4.69) is 26.8 Å². The van der Waals surface area contributed by atoms with E-state index in [9.17, 15) is 19.8 Å². The minimum Gasteiger partial charge on any atom is -0.550 e. The van der Waals surface area contributed by atoms with Crippen LogP contribution in [0.25, 0.3) is 0 Å². The topological polar surface area (TPSA) is 77.4 Å². The second kappa shape index (κ2) is 8.87. The fourth-order valence-corrected chi connectivity index (χ4v) is 7.85. The van der Waals surface area contributed by atoms with Crippen molar-refractivity contribution in [2.45, 2.75) is 84.2 Å². The van der Waals surface area contributed by atoms with Gasteiger partial charge in [0.2, 0.25) is 0 Å². The normalized spacial score (nSPS) is 44.4. The Bertz CT molecular complexity index is 773. The van der Waals surface area contributed by atoms with E-state index in [0.717, 1.165) is 38.5 Å². The number of rotatable bonds is 5. The first-order chi connectivity index (χ1) is 13.6. The summed E-state index contributed by atoms with van der Waals surface area (Å²) in [7, 11) is 0. The van der Waals surface area contributed by atoms with E-state index in [1.54, 1.807) is 6.08 Å². The standard InChI is InChI=1S/C25H36O4.K/c1-4-5-16-14-17-15-18(26)6-10-23(17,2)19-7-11-24(3)20(22(16)19)8-12-25(24,29)13-9-21(27)28;/h6,10,15-16,19-20,22,29H,4-5,7-9,11-14H2,1-3H3,(H,27,28);/q;+1/p-1/t16-,19?,20?,22?,23+,24+,25-;/m1./s1. The van der Waals surface area contributed by atoms with Gasteiger partial charge in [-0.15, -0.1) is 0 Å². The summed E-state index contributed by atoms with van der Waals surface area (Å²) < 4.78 is 0. The van der Waals surface area contributed by atoms with Crippen molar-refractivity contribution < 1.29 is 71.2 Å². The molecular formula is C25H35KO4. The van der Waals surface area contributed by atoms with Crippen molar-refractivity contribution in [2.24, 2.45) is 34.5 Å². The second-order valence-corrected chi connectivity index (χ2v) is 10.6. The molecule has 1 N–H and O–H groups in total. The number of allylic oxidation sites excluding steroid dienone is 4. The van der Waals surface area contributed by atoms with Crippen molar-refractivity contribution >= 4 is 11.8 Å². The summed E-state index contributed by atoms with van der Waals surface area (Å²) in [5.41, 5.74) is 0.102. The molecule has 0 aliphatic heterocycles. The molecule has 3 unspecified atom stereocenters. The summed E-state index contributed by atoms with van der Waals surface area (Å²) in [6, 6.07) is 0. The first kappa shape index (κ1) is 24.9. The molecule has 3 fully saturated rings. The summed E-state index contributed by atoms with van der Waals surface area (Å²) in [6.45, 7) is 6.75. The maximum absolute atomic E-state index is 12.1. The van der Waals surface area contributed by atoms with Gasteiger partial charge in [0.1, 0.15) is 0 Å². The van der Waals surface area contributed by atoms with Crippen LogP contribution in [0.3, 0.4) is 0 Å². The molecule has 0 aromatic carbocycles. The van der Waals surface area contributed by atoms with E-state index in [1.165, 1.54) is 5.57 Å². The van der Waals surface area contributed by atoms with Gasteiger partial charge in [-0.2, -0.15) is 0 Å². The number of fused-ring (bicyclic) bond motifs is 5. The smallest absolute Gasteiger partial charge is 0.550 e. The van der Waals surface area contributed by atoms with Crippen LogP contribution in [0.5, 0.6) is 0 Å². The minimum atomic E-state index is -1.07. The predicted octanol–water partition coefficient (Wildman–Crippen LogP) is 0.586. The average molecular weight is 439 g/mol. The molecule has 30 heavy (non-hydrogen) atoms. The van der Waals surface area contributed by atoms with Gasteiger partial charge in [0.25, 0.3) is 0 Å². The van der Waals surface area contributed by atoms with Gasteiger partial charge in [0.15, 0.2) is 5.78 Å². The predicted molar refractivity (Wildman–Crippen MR) is 110 cm³/mol. The molecule has 0 heterocycles. The molecule has 4 aliphatic rings. The number of aliphatic carboxylic acids is 1. The van der Waals surface area contributed by atoms with Gasteiger partial charge in [-0.3, -0.25) is 4.79 Å². The molecule has 3 saturated carbocycles. The van der Waals surface area contributed by atoms with Crippen LogP contribution < -0.4 is 56.5 Å². The molecule has 0 radical (unpaired) electrons. The molecule has 160 valence electrons. The van der Waals surface area contributed by atoms with Crippen LogP contribution in [0, 0.1) is 34.5 Å². The molecule has 0 bridgehead atoms. The Morgan fingerprint density at radius 2 is 1.93 bits per heavy atom. The fraction of sp³-hybridized carbons (Fsp3) is 0.760. The Labute approximate surface area is 223 Å². The first-order valence-corrected chi connectivity index (χ1v) is 11.5. The van der Waals surface area contributed by atoms with E-state index in [-0.39, 0.29) is 74.4 Å². The zero-order valence-corrected chi connectivity index (χ0v) is 22.2. The van der Waals surface area contributed by atoms with Crippen molar-refractivity contribution in [1.82, 2.24) is 0 Å². The average Bonchev–Trinajstić information content (AvgIpc) is 2.93. The van der Waals surface area contributed by atoms with E-state index < -0.39 is 11.6 Å². The molecule has 5 heteroatoms. The van der Waals surface area contributed by atoms with Crippen LogP contribution in [0.4, 0.5) is 0 Å². The number of hydrogen-bond donors (Lipinski definition) is 1. The Kier molecular flexibility index (Phi) is 7.35. The van der Waals surface area contributed by atoms with Crippen LogP contribution in [0.1, 0.15) is 78.6 Å². The third-order valence-electron chi connectivity index (χ3n) is 9.46. The molecule has 0 aromatic rings. The number of carboxylic acids is 1. The number of carboxylic acid groups (broad SMARTS) is 1. The molecule has 0 saturated heterocycles. The molecule has 4 aliphatic carbocycles.